The van der Waals surface area contributed by atoms with Crippen LogP contribution in [0.5, 0.6) is 5.75 Å². The van der Waals surface area contributed by atoms with Crippen LogP contribution in [0.1, 0.15) is 18.4 Å². The Balaban J connectivity index is 1.85. The van der Waals surface area contributed by atoms with Crippen LogP contribution in [0.4, 0.5) is 43.9 Å². The first kappa shape index (κ1) is 26.7. The van der Waals surface area contributed by atoms with Crippen molar-refractivity contribution in [1.82, 2.24) is 0 Å². The number of ether oxygens (including phenoxy) is 2. The zero-order chi connectivity index (χ0) is 25.7. The van der Waals surface area contributed by atoms with Crippen molar-refractivity contribution < 1.29 is 63.0 Å². The molecule has 0 atom stereocenters. The molecule has 0 aliphatic heterocycles. The summed E-state index contributed by atoms with van der Waals surface area (Å²) in [6.07, 6.45) is -0.518. The van der Waals surface area contributed by atoms with Crippen molar-refractivity contribution in [1.29, 1.82) is 0 Å². The van der Waals surface area contributed by atoms with Gasteiger partial charge in [0.25, 0.3) is 0 Å². The van der Waals surface area contributed by atoms with E-state index in [1.165, 1.54) is 0 Å². The zero-order valence-electron chi connectivity index (χ0n) is 16.4. The van der Waals surface area contributed by atoms with Gasteiger partial charge in [-0.2, -0.15) is 8.78 Å². The number of rotatable bonds is 8. The molecule has 0 unspecified atom stereocenters. The Kier molecular flexibility index (Phi) is 8.65. The van der Waals surface area contributed by atoms with Crippen molar-refractivity contribution in [3.63, 3.8) is 0 Å². The third kappa shape index (κ3) is 5.66. The van der Waals surface area contributed by atoms with Crippen LogP contribution in [0.3, 0.4) is 0 Å². The molecule has 0 saturated heterocycles. The van der Waals surface area contributed by atoms with Crippen molar-refractivity contribution in [2.45, 2.75) is 19.3 Å². The molecule has 4 nitrogen and oxygen atoms in total. The van der Waals surface area contributed by atoms with E-state index >= 15 is 0 Å². The standard InChI is InChI=1S/C20H10F10O4/c21-10-7(11(22)13(24)14(25)12(10)23)3-1-2-6-33-8(31)4-5-9(32)34-20-18(29)16(27)15(26)17(28)19(20)30/h1-2H,3-6H2/b2-1-. The van der Waals surface area contributed by atoms with E-state index in [1.807, 2.05) is 0 Å². The summed E-state index contributed by atoms with van der Waals surface area (Å²) >= 11 is 0. The van der Waals surface area contributed by atoms with Gasteiger partial charge in [0.15, 0.2) is 23.3 Å². The predicted octanol–water partition coefficient (Wildman–Crippen LogP) is 5.11. The van der Waals surface area contributed by atoms with Crippen LogP contribution in [0, 0.1) is 58.2 Å². The summed E-state index contributed by atoms with van der Waals surface area (Å²) in [7, 11) is 0. The molecule has 14 heteroatoms. The number of halogens is 10. The van der Waals surface area contributed by atoms with Gasteiger partial charge in [-0.3, -0.25) is 9.59 Å². The maximum atomic E-state index is 13.5. The van der Waals surface area contributed by atoms with E-state index in [2.05, 4.69) is 9.47 Å². The monoisotopic (exact) mass is 504 g/mol. The van der Waals surface area contributed by atoms with Gasteiger partial charge >= 0.3 is 11.9 Å². The molecule has 2 aromatic rings. The lowest BCUT2D eigenvalue weighted by atomic mass is 10.1. The third-order valence-electron chi connectivity index (χ3n) is 4.05. The summed E-state index contributed by atoms with van der Waals surface area (Å²) in [6.45, 7) is -0.569. The minimum absolute atomic E-state index is 0.569. The summed E-state index contributed by atoms with van der Waals surface area (Å²) in [4.78, 5) is 23.0. The number of carbonyl (C=O) groups is 2. The lowest BCUT2D eigenvalue weighted by Gasteiger charge is -2.08. The van der Waals surface area contributed by atoms with E-state index in [0.717, 1.165) is 12.2 Å². The van der Waals surface area contributed by atoms with Crippen LogP contribution >= 0.6 is 0 Å². The van der Waals surface area contributed by atoms with E-state index in [4.69, 9.17) is 0 Å². The van der Waals surface area contributed by atoms with E-state index in [9.17, 15) is 53.5 Å². The fourth-order valence-electron chi connectivity index (χ4n) is 2.36. The number of esters is 2. The van der Waals surface area contributed by atoms with Gasteiger partial charge in [-0.15, -0.1) is 0 Å². The first-order valence-electron chi connectivity index (χ1n) is 8.91. The van der Waals surface area contributed by atoms with E-state index in [0.29, 0.717) is 0 Å². The molecule has 0 heterocycles. The molecule has 0 aliphatic rings. The molecule has 0 aromatic heterocycles. The van der Waals surface area contributed by atoms with Crippen LogP contribution in [-0.4, -0.2) is 18.5 Å². The first-order valence-corrected chi connectivity index (χ1v) is 8.91. The SMILES string of the molecule is O=C(CCC(=O)Oc1c(F)c(F)c(F)c(F)c1F)OC/C=C\Cc1c(F)c(F)c(F)c(F)c1F. The van der Waals surface area contributed by atoms with Crippen molar-refractivity contribution in [3.05, 3.63) is 75.9 Å². The number of benzene rings is 2. The summed E-state index contributed by atoms with van der Waals surface area (Å²) in [6, 6.07) is 0. The fraction of sp³-hybridized carbons (Fsp3) is 0.200. The van der Waals surface area contributed by atoms with Crippen LogP contribution in [0.25, 0.3) is 0 Å². The Bertz CT molecular complexity index is 1110. The second-order valence-electron chi connectivity index (χ2n) is 6.28. The largest absolute Gasteiger partial charge is 0.461 e. The van der Waals surface area contributed by atoms with Crippen LogP contribution in [-0.2, 0) is 20.7 Å². The van der Waals surface area contributed by atoms with Crippen LogP contribution < -0.4 is 4.74 Å². The summed E-state index contributed by atoms with van der Waals surface area (Å²) in [5, 5.41) is 0. The minimum atomic E-state index is -2.47. The van der Waals surface area contributed by atoms with Crippen molar-refractivity contribution >= 4 is 11.9 Å². The highest BCUT2D eigenvalue weighted by molar-refractivity contribution is 5.79. The van der Waals surface area contributed by atoms with Crippen molar-refractivity contribution in [3.8, 4) is 5.75 Å². The highest BCUT2D eigenvalue weighted by Gasteiger charge is 2.29. The van der Waals surface area contributed by atoms with Gasteiger partial charge in [0.2, 0.25) is 40.7 Å². The van der Waals surface area contributed by atoms with Gasteiger partial charge in [-0.1, -0.05) is 12.2 Å². The number of allylic oxidation sites excluding steroid dienone is 1. The number of hydrogen-bond acceptors (Lipinski definition) is 4. The second-order valence-corrected chi connectivity index (χ2v) is 6.28. The minimum Gasteiger partial charge on any atom is -0.461 e. The van der Waals surface area contributed by atoms with E-state index < -0.39 is 107 Å². The summed E-state index contributed by atoms with van der Waals surface area (Å²) < 4.78 is 141. The Hall–Kier alpha value is -3.58. The van der Waals surface area contributed by atoms with Gasteiger partial charge in [0.1, 0.15) is 6.61 Å². The van der Waals surface area contributed by atoms with Crippen molar-refractivity contribution in [2.75, 3.05) is 6.61 Å². The van der Waals surface area contributed by atoms with Gasteiger partial charge < -0.3 is 9.47 Å². The molecule has 184 valence electrons. The van der Waals surface area contributed by atoms with Gasteiger partial charge in [-0.05, 0) is 6.42 Å². The molecule has 0 saturated carbocycles. The lowest BCUT2D eigenvalue weighted by Crippen LogP contribution is -2.15. The Labute approximate surface area is 183 Å². The van der Waals surface area contributed by atoms with Crippen LogP contribution in [0.2, 0.25) is 0 Å². The normalized spacial score (nSPS) is 11.2. The molecule has 0 spiro atoms. The summed E-state index contributed by atoms with van der Waals surface area (Å²) in [5.74, 6) is -27.1. The Morgan fingerprint density at radius 2 is 0.971 bits per heavy atom. The molecule has 34 heavy (non-hydrogen) atoms. The molecule has 0 amide bonds. The quantitative estimate of drug-likeness (QED) is 0.125. The third-order valence-corrected chi connectivity index (χ3v) is 4.05. The lowest BCUT2D eigenvalue weighted by molar-refractivity contribution is -0.146. The molecule has 0 fully saturated rings. The molecule has 0 radical (unpaired) electrons. The van der Waals surface area contributed by atoms with Gasteiger partial charge in [0.05, 0.1) is 12.8 Å². The molecule has 0 aliphatic carbocycles. The number of carbonyl (C=O) groups excluding carboxylic acids is 2. The van der Waals surface area contributed by atoms with Crippen LogP contribution in [0.15, 0.2) is 12.2 Å². The maximum Gasteiger partial charge on any atom is 0.311 e. The summed E-state index contributed by atoms with van der Waals surface area (Å²) in [5.41, 5.74) is -1.13. The van der Waals surface area contributed by atoms with Gasteiger partial charge in [0, 0.05) is 5.56 Å². The fourth-order valence-corrected chi connectivity index (χ4v) is 2.36. The molecular formula is C20H10F10O4. The second kappa shape index (κ2) is 11.0. The molecule has 2 aromatic carbocycles. The van der Waals surface area contributed by atoms with Gasteiger partial charge in [-0.25, -0.2) is 35.1 Å². The topological polar surface area (TPSA) is 52.6 Å². The smallest absolute Gasteiger partial charge is 0.311 e. The molecule has 2 rings (SSSR count). The average Bonchev–Trinajstić information content (AvgIpc) is 2.82. The predicted molar refractivity (Wildman–Crippen MR) is 91.1 cm³/mol. The number of hydrogen-bond donors (Lipinski definition) is 0. The van der Waals surface area contributed by atoms with E-state index in [1.54, 1.807) is 0 Å². The highest BCUT2D eigenvalue weighted by atomic mass is 19.2. The highest BCUT2D eigenvalue weighted by Crippen LogP contribution is 2.29. The first-order chi connectivity index (χ1) is 15.9. The maximum absolute atomic E-state index is 13.5. The Morgan fingerprint density at radius 1 is 0.559 bits per heavy atom. The molecule has 0 N–H and O–H groups in total. The molecule has 0 bridgehead atoms. The van der Waals surface area contributed by atoms with E-state index in [-0.39, 0.29) is 0 Å². The average molecular weight is 504 g/mol. The Morgan fingerprint density at radius 3 is 1.47 bits per heavy atom. The zero-order valence-corrected chi connectivity index (χ0v) is 16.4. The van der Waals surface area contributed by atoms with Crippen molar-refractivity contribution in [2.24, 2.45) is 0 Å². The molecular weight excluding hydrogens is 494 g/mol.